The van der Waals surface area contributed by atoms with Gasteiger partial charge in [0.25, 0.3) is 0 Å². The Hall–Kier alpha value is -2.40. The lowest BCUT2D eigenvalue weighted by molar-refractivity contribution is -0.115. The van der Waals surface area contributed by atoms with Crippen LogP contribution < -0.4 is 10.0 Å². The molecular formula is C16H14ClN3O3S. The SMILES string of the molecule is Cc1ccc(NC(=O)CNS(=O)(=O)c2ccccc2C#N)cc1Cl. The molecule has 2 aromatic carbocycles. The lowest BCUT2D eigenvalue weighted by atomic mass is 10.2. The van der Waals surface area contributed by atoms with Gasteiger partial charge in [-0.25, -0.2) is 13.1 Å². The first kappa shape index (κ1) is 17.9. The summed E-state index contributed by atoms with van der Waals surface area (Å²) in [5.74, 6) is -0.548. The standard InChI is InChI=1S/C16H14ClN3O3S/c1-11-6-7-13(8-14(11)17)20-16(21)10-19-24(22,23)15-5-3-2-4-12(15)9-18/h2-8,19H,10H2,1H3,(H,20,21). The number of aryl methyl sites for hydroxylation is 1. The number of nitrogens with one attached hydrogen (secondary N) is 2. The zero-order chi connectivity index (χ0) is 17.7. The van der Waals surface area contributed by atoms with E-state index < -0.39 is 22.5 Å². The number of sulfonamides is 1. The second-order valence-electron chi connectivity index (χ2n) is 4.94. The zero-order valence-electron chi connectivity index (χ0n) is 12.7. The van der Waals surface area contributed by atoms with Crippen LogP contribution in [-0.2, 0) is 14.8 Å². The molecule has 2 N–H and O–H groups in total. The Bertz CT molecular complexity index is 920. The van der Waals surface area contributed by atoms with Gasteiger partial charge in [0, 0.05) is 10.7 Å². The Morgan fingerprint density at radius 3 is 2.62 bits per heavy atom. The molecule has 2 aromatic rings. The molecule has 2 rings (SSSR count). The van der Waals surface area contributed by atoms with Gasteiger partial charge in [-0.3, -0.25) is 4.79 Å². The third kappa shape index (κ3) is 4.32. The zero-order valence-corrected chi connectivity index (χ0v) is 14.3. The Labute approximate surface area is 145 Å². The van der Waals surface area contributed by atoms with Crippen LogP contribution in [0.2, 0.25) is 5.02 Å². The highest BCUT2D eigenvalue weighted by Gasteiger charge is 2.19. The Morgan fingerprint density at radius 2 is 1.96 bits per heavy atom. The molecule has 0 saturated heterocycles. The van der Waals surface area contributed by atoms with Crippen molar-refractivity contribution in [1.29, 1.82) is 5.26 Å². The topological polar surface area (TPSA) is 99.1 Å². The minimum absolute atomic E-state index is 0.00993. The van der Waals surface area contributed by atoms with Crippen molar-refractivity contribution in [2.75, 3.05) is 11.9 Å². The van der Waals surface area contributed by atoms with Gasteiger partial charge >= 0.3 is 0 Å². The molecule has 0 bridgehead atoms. The monoisotopic (exact) mass is 363 g/mol. The van der Waals surface area contributed by atoms with Gasteiger partial charge in [0.2, 0.25) is 15.9 Å². The highest BCUT2D eigenvalue weighted by Crippen LogP contribution is 2.20. The number of nitriles is 1. The lowest BCUT2D eigenvalue weighted by Crippen LogP contribution is -2.33. The maximum absolute atomic E-state index is 12.2. The second kappa shape index (κ2) is 7.45. The number of carbonyl (C=O) groups is 1. The Kier molecular flexibility index (Phi) is 5.57. The molecule has 0 spiro atoms. The molecule has 0 saturated carbocycles. The van der Waals surface area contributed by atoms with Crippen LogP contribution in [0.3, 0.4) is 0 Å². The first-order valence-corrected chi connectivity index (χ1v) is 8.74. The number of anilines is 1. The minimum atomic E-state index is -3.96. The van der Waals surface area contributed by atoms with E-state index in [9.17, 15) is 13.2 Å². The molecule has 24 heavy (non-hydrogen) atoms. The molecule has 0 fully saturated rings. The molecular weight excluding hydrogens is 350 g/mol. The summed E-state index contributed by atoms with van der Waals surface area (Å²) in [6.45, 7) is 1.36. The van der Waals surface area contributed by atoms with E-state index >= 15 is 0 Å². The number of hydrogen-bond donors (Lipinski definition) is 2. The molecule has 0 radical (unpaired) electrons. The summed E-state index contributed by atoms with van der Waals surface area (Å²) in [6, 6.07) is 12.6. The van der Waals surface area contributed by atoms with Gasteiger partial charge in [0.15, 0.2) is 0 Å². The summed E-state index contributed by atoms with van der Waals surface area (Å²) in [7, 11) is -3.96. The van der Waals surface area contributed by atoms with Gasteiger partial charge in [-0.05, 0) is 36.8 Å². The van der Waals surface area contributed by atoms with E-state index in [-0.39, 0.29) is 10.5 Å². The van der Waals surface area contributed by atoms with E-state index in [1.807, 2.05) is 6.92 Å². The van der Waals surface area contributed by atoms with E-state index in [4.69, 9.17) is 16.9 Å². The molecule has 1 amide bonds. The third-order valence-electron chi connectivity index (χ3n) is 3.18. The third-order valence-corrected chi connectivity index (χ3v) is 5.04. The summed E-state index contributed by atoms with van der Waals surface area (Å²) in [5, 5.41) is 12.0. The molecule has 0 aliphatic carbocycles. The van der Waals surface area contributed by atoms with Crippen molar-refractivity contribution in [3.05, 3.63) is 58.6 Å². The smallest absolute Gasteiger partial charge is 0.242 e. The number of benzene rings is 2. The van der Waals surface area contributed by atoms with Crippen LogP contribution in [0.1, 0.15) is 11.1 Å². The van der Waals surface area contributed by atoms with Gasteiger partial charge in [-0.2, -0.15) is 5.26 Å². The Morgan fingerprint density at radius 1 is 1.25 bits per heavy atom. The van der Waals surface area contributed by atoms with Gasteiger partial charge in [-0.15, -0.1) is 0 Å². The fraction of sp³-hybridized carbons (Fsp3) is 0.125. The van der Waals surface area contributed by atoms with E-state index in [1.165, 1.54) is 18.2 Å². The fourth-order valence-electron chi connectivity index (χ4n) is 1.91. The number of amides is 1. The normalized spacial score (nSPS) is 10.9. The number of rotatable bonds is 5. The van der Waals surface area contributed by atoms with Crippen LogP contribution in [0, 0.1) is 18.3 Å². The van der Waals surface area contributed by atoms with Crippen LogP contribution in [0.15, 0.2) is 47.4 Å². The number of hydrogen-bond acceptors (Lipinski definition) is 4. The molecule has 0 aromatic heterocycles. The number of carbonyl (C=O) groups excluding carboxylic acids is 1. The Balaban J connectivity index is 2.05. The van der Waals surface area contributed by atoms with Gasteiger partial charge < -0.3 is 5.32 Å². The number of nitrogens with zero attached hydrogens (tertiary/aromatic N) is 1. The average molecular weight is 364 g/mol. The second-order valence-corrected chi connectivity index (χ2v) is 7.09. The quantitative estimate of drug-likeness (QED) is 0.852. The first-order valence-electron chi connectivity index (χ1n) is 6.88. The summed E-state index contributed by atoms with van der Waals surface area (Å²) in [6.07, 6.45) is 0. The van der Waals surface area contributed by atoms with Gasteiger partial charge in [-0.1, -0.05) is 29.8 Å². The van der Waals surface area contributed by atoms with E-state index in [1.54, 1.807) is 30.3 Å². The van der Waals surface area contributed by atoms with E-state index in [2.05, 4.69) is 10.0 Å². The molecule has 0 aliphatic heterocycles. The highest BCUT2D eigenvalue weighted by atomic mass is 35.5. The van der Waals surface area contributed by atoms with Crippen molar-refractivity contribution >= 4 is 33.2 Å². The van der Waals surface area contributed by atoms with Crippen LogP contribution in [0.4, 0.5) is 5.69 Å². The van der Waals surface area contributed by atoms with Crippen LogP contribution in [-0.4, -0.2) is 20.9 Å². The van der Waals surface area contributed by atoms with Gasteiger partial charge in [0.1, 0.15) is 6.07 Å². The van der Waals surface area contributed by atoms with Crippen LogP contribution in [0.5, 0.6) is 0 Å². The first-order chi connectivity index (χ1) is 11.3. The molecule has 0 heterocycles. The molecule has 6 nitrogen and oxygen atoms in total. The van der Waals surface area contributed by atoms with Crippen LogP contribution >= 0.6 is 11.6 Å². The lowest BCUT2D eigenvalue weighted by Gasteiger charge is -2.09. The molecule has 0 atom stereocenters. The highest BCUT2D eigenvalue weighted by molar-refractivity contribution is 7.89. The predicted molar refractivity (Wildman–Crippen MR) is 91.2 cm³/mol. The summed E-state index contributed by atoms with van der Waals surface area (Å²) in [4.78, 5) is 11.7. The van der Waals surface area contributed by atoms with E-state index in [0.29, 0.717) is 10.7 Å². The van der Waals surface area contributed by atoms with Crippen molar-refractivity contribution < 1.29 is 13.2 Å². The summed E-state index contributed by atoms with van der Waals surface area (Å²) in [5.41, 5.74) is 1.34. The summed E-state index contributed by atoms with van der Waals surface area (Å²) >= 11 is 5.97. The average Bonchev–Trinajstić information content (AvgIpc) is 2.56. The number of halogens is 1. The molecule has 8 heteroatoms. The predicted octanol–water partition coefficient (Wildman–Crippen LogP) is 2.44. The van der Waals surface area contributed by atoms with Crippen molar-refractivity contribution in [3.63, 3.8) is 0 Å². The van der Waals surface area contributed by atoms with Gasteiger partial charge in [0.05, 0.1) is 17.0 Å². The maximum Gasteiger partial charge on any atom is 0.242 e. The van der Waals surface area contributed by atoms with Crippen molar-refractivity contribution in [3.8, 4) is 6.07 Å². The summed E-state index contributed by atoms with van der Waals surface area (Å²) < 4.78 is 26.6. The van der Waals surface area contributed by atoms with Crippen molar-refractivity contribution in [2.24, 2.45) is 0 Å². The molecule has 0 unspecified atom stereocenters. The van der Waals surface area contributed by atoms with Crippen molar-refractivity contribution in [1.82, 2.24) is 4.72 Å². The maximum atomic E-state index is 12.2. The van der Waals surface area contributed by atoms with Crippen molar-refractivity contribution in [2.45, 2.75) is 11.8 Å². The molecule has 124 valence electrons. The minimum Gasteiger partial charge on any atom is -0.325 e. The molecule has 0 aliphatic rings. The largest absolute Gasteiger partial charge is 0.325 e. The van der Waals surface area contributed by atoms with E-state index in [0.717, 1.165) is 5.56 Å². The van der Waals surface area contributed by atoms with Crippen LogP contribution in [0.25, 0.3) is 0 Å². The fourth-order valence-corrected chi connectivity index (χ4v) is 3.23.